The van der Waals surface area contributed by atoms with Gasteiger partial charge in [-0.05, 0) is 38.5 Å². The largest absolute Gasteiger partial charge is 0.465 e. The Morgan fingerprint density at radius 3 is 2.58 bits per heavy atom. The van der Waals surface area contributed by atoms with Crippen LogP contribution in [0, 0.1) is 5.82 Å². The third-order valence-electron chi connectivity index (χ3n) is 2.65. The van der Waals surface area contributed by atoms with Crippen molar-refractivity contribution in [3.8, 4) is 0 Å². The SMILES string of the molecule is CC(C)(C)N(Cc1cc(/C=N/O)ccc1F)C(=O)O. The number of carbonyl (C=O) groups is 1. The number of nitrogens with zero attached hydrogens (tertiary/aromatic N) is 2. The van der Waals surface area contributed by atoms with Crippen LogP contribution in [0.1, 0.15) is 31.9 Å². The molecule has 0 spiro atoms. The van der Waals surface area contributed by atoms with Crippen LogP contribution in [0.5, 0.6) is 0 Å². The molecule has 19 heavy (non-hydrogen) atoms. The van der Waals surface area contributed by atoms with Crippen LogP contribution < -0.4 is 0 Å². The van der Waals surface area contributed by atoms with Crippen LogP contribution >= 0.6 is 0 Å². The molecule has 0 aliphatic heterocycles. The molecule has 0 radical (unpaired) electrons. The molecule has 6 heteroatoms. The van der Waals surface area contributed by atoms with Crippen LogP contribution in [-0.2, 0) is 6.54 Å². The van der Waals surface area contributed by atoms with Crippen LogP contribution in [0.4, 0.5) is 9.18 Å². The first kappa shape index (κ1) is 14.9. The minimum atomic E-state index is -1.12. The van der Waals surface area contributed by atoms with Gasteiger partial charge in [-0.1, -0.05) is 11.2 Å². The molecule has 1 aromatic rings. The first-order valence-electron chi connectivity index (χ1n) is 5.72. The van der Waals surface area contributed by atoms with Gasteiger partial charge in [0.15, 0.2) is 0 Å². The third-order valence-corrected chi connectivity index (χ3v) is 2.65. The van der Waals surface area contributed by atoms with E-state index in [9.17, 15) is 14.3 Å². The number of halogens is 1. The Labute approximate surface area is 111 Å². The van der Waals surface area contributed by atoms with Crippen molar-refractivity contribution in [1.82, 2.24) is 4.90 Å². The van der Waals surface area contributed by atoms with Crippen LogP contribution in [0.15, 0.2) is 23.4 Å². The summed E-state index contributed by atoms with van der Waals surface area (Å²) in [5.74, 6) is -0.495. The fourth-order valence-corrected chi connectivity index (χ4v) is 1.62. The molecule has 0 aliphatic carbocycles. The zero-order valence-electron chi connectivity index (χ0n) is 11.1. The van der Waals surface area contributed by atoms with Gasteiger partial charge in [0, 0.05) is 11.1 Å². The van der Waals surface area contributed by atoms with Gasteiger partial charge in [0.1, 0.15) is 5.82 Å². The van der Waals surface area contributed by atoms with Crippen LogP contribution in [0.2, 0.25) is 0 Å². The minimum Gasteiger partial charge on any atom is -0.465 e. The molecule has 0 aliphatic rings. The zero-order valence-corrected chi connectivity index (χ0v) is 11.1. The van der Waals surface area contributed by atoms with Crippen molar-refractivity contribution in [2.45, 2.75) is 32.9 Å². The van der Waals surface area contributed by atoms with E-state index in [4.69, 9.17) is 5.21 Å². The van der Waals surface area contributed by atoms with E-state index in [1.807, 2.05) is 0 Å². The Morgan fingerprint density at radius 2 is 2.11 bits per heavy atom. The average molecular weight is 268 g/mol. The number of amides is 1. The van der Waals surface area contributed by atoms with Gasteiger partial charge in [-0.3, -0.25) is 4.90 Å². The first-order valence-corrected chi connectivity index (χ1v) is 5.72. The molecule has 0 saturated heterocycles. The maximum Gasteiger partial charge on any atom is 0.408 e. The lowest BCUT2D eigenvalue weighted by Gasteiger charge is -2.33. The van der Waals surface area contributed by atoms with Crippen molar-refractivity contribution in [3.05, 3.63) is 35.1 Å². The summed E-state index contributed by atoms with van der Waals surface area (Å²) in [4.78, 5) is 12.4. The molecule has 0 fully saturated rings. The summed E-state index contributed by atoms with van der Waals surface area (Å²) in [7, 11) is 0. The van der Waals surface area contributed by atoms with E-state index in [-0.39, 0.29) is 12.1 Å². The second kappa shape index (κ2) is 5.69. The molecule has 2 N–H and O–H groups in total. The molecule has 0 atom stereocenters. The van der Waals surface area contributed by atoms with Gasteiger partial charge < -0.3 is 10.3 Å². The van der Waals surface area contributed by atoms with Crippen molar-refractivity contribution in [3.63, 3.8) is 0 Å². The fraction of sp³-hybridized carbons (Fsp3) is 0.385. The van der Waals surface area contributed by atoms with E-state index in [2.05, 4.69) is 5.16 Å². The number of rotatable bonds is 3. The lowest BCUT2D eigenvalue weighted by atomic mass is 10.0. The molecule has 1 amide bonds. The lowest BCUT2D eigenvalue weighted by Crippen LogP contribution is -2.44. The zero-order chi connectivity index (χ0) is 14.6. The Hall–Kier alpha value is -2.11. The minimum absolute atomic E-state index is 0.0717. The van der Waals surface area contributed by atoms with Crippen molar-refractivity contribution >= 4 is 12.3 Å². The van der Waals surface area contributed by atoms with Gasteiger partial charge in [-0.2, -0.15) is 0 Å². The van der Waals surface area contributed by atoms with Gasteiger partial charge in [-0.15, -0.1) is 0 Å². The van der Waals surface area contributed by atoms with E-state index in [1.54, 1.807) is 20.8 Å². The number of oxime groups is 1. The molecular formula is C13H17FN2O3. The highest BCUT2D eigenvalue weighted by Crippen LogP contribution is 2.19. The van der Waals surface area contributed by atoms with Crippen LogP contribution in [-0.4, -0.2) is 33.1 Å². The summed E-state index contributed by atoms with van der Waals surface area (Å²) >= 11 is 0. The van der Waals surface area contributed by atoms with Gasteiger partial charge in [0.2, 0.25) is 0 Å². The summed E-state index contributed by atoms with van der Waals surface area (Å²) in [6.45, 7) is 5.13. The summed E-state index contributed by atoms with van der Waals surface area (Å²) in [5, 5.41) is 20.5. The number of hydrogen-bond donors (Lipinski definition) is 2. The number of carboxylic acid groups (broad SMARTS) is 1. The van der Waals surface area contributed by atoms with Crippen molar-refractivity contribution in [2.24, 2.45) is 5.16 Å². The highest BCUT2D eigenvalue weighted by atomic mass is 19.1. The molecule has 0 aromatic heterocycles. The predicted octanol–water partition coefficient (Wildman–Crippen LogP) is 2.91. The topological polar surface area (TPSA) is 73.1 Å². The fourth-order valence-electron chi connectivity index (χ4n) is 1.62. The van der Waals surface area contributed by atoms with Gasteiger partial charge in [0.25, 0.3) is 0 Å². The van der Waals surface area contributed by atoms with Crippen LogP contribution in [0.3, 0.4) is 0 Å². The molecule has 1 rings (SSSR count). The van der Waals surface area contributed by atoms with E-state index in [0.717, 1.165) is 11.1 Å². The molecular weight excluding hydrogens is 251 g/mol. The number of benzene rings is 1. The maximum atomic E-state index is 13.7. The molecule has 0 saturated carbocycles. The van der Waals surface area contributed by atoms with E-state index in [1.165, 1.54) is 18.2 Å². The second-order valence-corrected chi connectivity index (χ2v) is 5.13. The molecule has 5 nitrogen and oxygen atoms in total. The monoisotopic (exact) mass is 268 g/mol. The van der Waals surface area contributed by atoms with Gasteiger partial charge in [0.05, 0.1) is 12.8 Å². The summed E-state index contributed by atoms with van der Waals surface area (Å²) in [6, 6.07) is 4.12. The van der Waals surface area contributed by atoms with E-state index < -0.39 is 17.4 Å². The van der Waals surface area contributed by atoms with Crippen molar-refractivity contribution < 1.29 is 19.5 Å². The maximum absolute atomic E-state index is 13.7. The Bertz CT molecular complexity index is 495. The third kappa shape index (κ3) is 3.94. The van der Waals surface area contributed by atoms with E-state index >= 15 is 0 Å². The Balaban J connectivity index is 3.09. The first-order chi connectivity index (χ1) is 8.75. The second-order valence-electron chi connectivity index (χ2n) is 5.13. The highest BCUT2D eigenvalue weighted by molar-refractivity contribution is 5.79. The molecule has 0 heterocycles. The summed E-state index contributed by atoms with van der Waals surface area (Å²) in [6.07, 6.45) is 0.0404. The van der Waals surface area contributed by atoms with Gasteiger partial charge >= 0.3 is 6.09 Å². The highest BCUT2D eigenvalue weighted by Gasteiger charge is 2.26. The quantitative estimate of drug-likeness (QED) is 0.503. The van der Waals surface area contributed by atoms with E-state index in [0.29, 0.717) is 5.56 Å². The summed E-state index contributed by atoms with van der Waals surface area (Å²) in [5.41, 5.74) is 0.0900. The standard InChI is InChI=1S/C13H17FN2O3/c1-13(2,3)16(12(17)18)8-10-6-9(7-15-19)4-5-11(10)14/h4-7,19H,8H2,1-3H3,(H,17,18)/b15-7+. The lowest BCUT2D eigenvalue weighted by molar-refractivity contribution is 0.0948. The van der Waals surface area contributed by atoms with Crippen molar-refractivity contribution in [2.75, 3.05) is 0 Å². The molecule has 0 bridgehead atoms. The molecule has 1 aromatic carbocycles. The molecule has 0 unspecified atom stereocenters. The smallest absolute Gasteiger partial charge is 0.408 e. The van der Waals surface area contributed by atoms with Crippen molar-refractivity contribution in [1.29, 1.82) is 0 Å². The Kier molecular flexibility index (Phi) is 4.47. The van der Waals surface area contributed by atoms with Gasteiger partial charge in [-0.25, -0.2) is 9.18 Å². The summed E-state index contributed by atoms with van der Waals surface area (Å²) < 4.78 is 13.7. The van der Waals surface area contributed by atoms with Crippen LogP contribution in [0.25, 0.3) is 0 Å². The normalized spacial score (nSPS) is 11.8. The average Bonchev–Trinajstić information content (AvgIpc) is 2.28. The predicted molar refractivity (Wildman–Crippen MR) is 69.1 cm³/mol. The molecule has 104 valence electrons. The Morgan fingerprint density at radius 1 is 1.47 bits per heavy atom. The number of hydrogen-bond acceptors (Lipinski definition) is 3.